The van der Waals surface area contributed by atoms with Crippen LogP contribution in [0.1, 0.15) is 18.5 Å². The van der Waals surface area contributed by atoms with E-state index in [9.17, 15) is 18.0 Å². The first-order chi connectivity index (χ1) is 12.8. The Morgan fingerprint density at radius 3 is 2.56 bits per heavy atom. The van der Waals surface area contributed by atoms with Gasteiger partial charge in [0.1, 0.15) is 6.54 Å². The molecule has 142 valence electrons. The summed E-state index contributed by atoms with van der Waals surface area (Å²) >= 11 is 1.46. The molecule has 0 unspecified atom stereocenters. The summed E-state index contributed by atoms with van der Waals surface area (Å²) in [6.07, 6.45) is 0. The molecule has 27 heavy (non-hydrogen) atoms. The Balaban J connectivity index is 1.68. The fourth-order valence-corrected chi connectivity index (χ4v) is 4.24. The van der Waals surface area contributed by atoms with Crippen molar-refractivity contribution in [1.82, 2.24) is 5.32 Å². The molecule has 0 spiro atoms. The molecule has 3 rings (SSSR count). The summed E-state index contributed by atoms with van der Waals surface area (Å²) in [5, 5.41) is 7.92. The van der Waals surface area contributed by atoms with E-state index in [0.29, 0.717) is 5.75 Å². The number of thioether (sulfide) groups is 1. The van der Waals surface area contributed by atoms with Crippen LogP contribution in [0.25, 0.3) is 0 Å². The molecule has 0 saturated carbocycles. The number of anilines is 1. The van der Waals surface area contributed by atoms with Gasteiger partial charge in [-0.2, -0.15) is 0 Å². The second-order valence-corrected chi connectivity index (χ2v) is 8.72. The van der Waals surface area contributed by atoms with Crippen LogP contribution in [0.15, 0.2) is 58.3 Å². The van der Waals surface area contributed by atoms with Gasteiger partial charge in [-0.3, -0.25) is 9.59 Å². The van der Waals surface area contributed by atoms with Gasteiger partial charge in [0, 0.05) is 4.90 Å². The molecule has 1 atom stereocenters. The van der Waals surface area contributed by atoms with Crippen LogP contribution < -0.4 is 15.4 Å². The van der Waals surface area contributed by atoms with Crippen molar-refractivity contribution in [1.29, 1.82) is 0 Å². The van der Waals surface area contributed by atoms with Crippen molar-refractivity contribution in [2.75, 3.05) is 17.2 Å². The quantitative estimate of drug-likeness (QED) is 0.786. The highest BCUT2D eigenvalue weighted by molar-refractivity contribution is 8.00. The standard InChI is InChI=1S/C18H19N3O4S2/c1-12(13-6-8-14(9-7-13)27(19,24)25)20-17(22)10-21-15-4-2-3-5-16(15)26-11-18(21)23/h2-9,12H,10-11H2,1H3,(H,20,22)(H2,19,24,25)/t12-/m1/s1. The lowest BCUT2D eigenvalue weighted by molar-refractivity contribution is -0.123. The maximum Gasteiger partial charge on any atom is 0.240 e. The maximum atomic E-state index is 12.4. The van der Waals surface area contributed by atoms with E-state index in [2.05, 4.69) is 5.32 Å². The van der Waals surface area contributed by atoms with Gasteiger partial charge in [0.15, 0.2) is 0 Å². The minimum atomic E-state index is -3.76. The highest BCUT2D eigenvalue weighted by Crippen LogP contribution is 2.34. The average molecular weight is 406 g/mol. The van der Waals surface area contributed by atoms with Gasteiger partial charge < -0.3 is 10.2 Å². The molecular weight excluding hydrogens is 386 g/mol. The minimum absolute atomic E-state index is 0.0118. The van der Waals surface area contributed by atoms with Crippen molar-refractivity contribution in [3.05, 3.63) is 54.1 Å². The van der Waals surface area contributed by atoms with Gasteiger partial charge in [0.25, 0.3) is 0 Å². The van der Waals surface area contributed by atoms with Crippen LogP contribution in [0.4, 0.5) is 5.69 Å². The van der Waals surface area contributed by atoms with Crippen LogP contribution in [0, 0.1) is 0 Å². The minimum Gasteiger partial charge on any atom is -0.348 e. The maximum absolute atomic E-state index is 12.4. The number of sulfonamides is 1. The summed E-state index contributed by atoms with van der Waals surface area (Å²) in [6.45, 7) is 1.71. The zero-order valence-corrected chi connectivity index (χ0v) is 16.2. The second-order valence-electron chi connectivity index (χ2n) is 6.14. The predicted molar refractivity (Wildman–Crippen MR) is 104 cm³/mol. The molecule has 0 saturated heterocycles. The summed E-state index contributed by atoms with van der Waals surface area (Å²) in [4.78, 5) is 27.1. The molecule has 1 heterocycles. The number of carbonyl (C=O) groups excluding carboxylic acids is 2. The molecule has 2 amide bonds. The van der Waals surface area contributed by atoms with E-state index in [1.54, 1.807) is 19.1 Å². The molecule has 0 aromatic heterocycles. The molecule has 0 bridgehead atoms. The van der Waals surface area contributed by atoms with E-state index >= 15 is 0 Å². The predicted octanol–water partition coefficient (Wildman–Crippen LogP) is 1.65. The third-order valence-electron chi connectivity index (χ3n) is 4.20. The fourth-order valence-electron chi connectivity index (χ4n) is 2.79. The highest BCUT2D eigenvalue weighted by Gasteiger charge is 2.26. The van der Waals surface area contributed by atoms with Crippen molar-refractivity contribution < 1.29 is 18.0 Å². The van der Waals surface area contributed by atoms with Crippen molar-refractivity contribution in [3.63, 3.8) is 0 Å². The molecule has 1 aliphatic rings. The monoisotopic (exact) mass is 405 g/mol. The molecular formula is C18H19N3O4S2. The molecule has 0 radical (unpaired) electrons. The number of primary sulfonamides is 1. The number of hydrogen-bond donors (Lipinski definition) is 2. The number of fused-ring (bicyclic) bond motifs is 1. The van der Waals surface area contributed by atoms with Gasteiger partial charge in [-0.05, 0) is 36.8 Å². The SMILES string of the molecule is C[C@@H](NC(=O)CN1C(=O)CSc2ccccc21)c1ccc(S(N)(=O)=O)cc1. The van der Waals surface area contributed by atoms with Gasteiger partial charge in [0.2, 0.25) is 21.8 Å². The van der Waals surface area contributed by atoms with Gasteiger partial charge in [0.05, 0.1) is 22.4 Å². The molecule has 2 aromatic rings. The van der Waals surface area contributed by atoms with Crippen LogP contribution in [0.2, 0.25) is 0 Å². The van der Waals surface area contributed by atoms with Crippen LogP contribution in [0.3, 0.4) is 0 Å². The number of nitrogens with zero attached hydrogens (tertiary/aromatic N) is 1. The lowest BCUT2D eigenvalue weighted by Gasteiger charge is -2.28. The zero-order valence-electron chi connectivity index (χ0n) is 14.6. The first-order valence-corrected chi connectivity index (χ1v) is 10.7. The molecule has 7 nitrogen and oxygen atoms in total. The summed E-state index contributed by atoms with van der Waals surface area (Å²) in [5.74, 6) is -0.110. The summed E-state index contributed by atoms with van der Waals surface area (Å²) in [5.41, 5.74) is 1.47. The Hall–Kier alpha value is -2.36. The van der Waals surface area contributed by atoms with Crippen molar-refractivity contribution in [3.8, 4) is 0 Å². The third-order valence-corrected chi connectivity index (χ3v) is 6.17. The number of amides is 2. The summed E-state index contributed by atoms with van der Waals surface area (Å²) in [7, 11) is -3.76. The molecule has 9 heteroatoms. The zero-order chi connectivity index (χ0) is 19.6. The topological polar surface area (TPSA) is 110 Å². The van der Waals surface area contributed by atoms with Crippen molar-refractivity contribution in [2.24, 2.45) is 5.14 Å². The molecule has 1 aliphatic heterocycles. The van der Waals surface area contributed by atoms with Gasteiger partial charge in [-0.15, -0.1) is 11.8 Å². The summed E-state index contributed by atoms with van der Waals surface area (Å²) in [6, 6.07) is 13.1. The van der Waals surface area contributed by atoms with Gasteiger partial charge in [-0.25, -0.2) is 13.6 Å². The fraction of sp³-hybridized carbons (Fsp3) is 0.222. The number of carbonyl (C=O) groups is 2. The van der Waals surface area contributed by atoms with Crippen LogP contribution in [-0.4, -0.2) is 32.5 Å². The van der Waals surface area contributed by atoms with E-state index in [1.807, 2.05) is 24.3 Å². The molecule has 0 fully saturated rings. The van der Waals surface area contributed by atoms with E-state index in [1.165, 1.54) is 28.8 Å². The average Bonchev–Trinajstić information content (AvgIpc) is 2.63. The Kier molecular flexibility index (Phi) is 5.54. The van der Waals surface area contributed by atoms with E-state index < -0.39 is 10.0 Å². The normalized spacial score (nSPS) is 15.2. The Bertz CT molecular complexity index is 974. The van der Waals surface area contributed by atoms with E-state index in [-0.39, 0.29) is 29.3 Å². The Morgan fingerprint density at radius 2 is 1.89 bits per heavy atom. The number of rotatable bonds is 5. The van der Waals surface area contributed by atoms with Crippen LogP contribution >= 0.6 is 11.8 Å². The smallest absolute Gasteiger partial charge is 0.240 e. The van der Waals surface area contributed by atoms with E-state index in [4.69, 9.17) is 5.14 Å². The first kappa shape index (κ1) is 19.4. The molecule has 3 N–H and O–H groups in total. The number of benzene rings is 2. The summed E-state index contributed by atoms with van der Waals surface area (Å²) < 4.78 is 22.6. The van der Waals surface area contributed by atoms with Gasteiger partial charge >= 0.3 is 0 Å². The number of hydrogen-bond acceptors (Lipinski definition) is 5. The second kappa shape index (κ2) is 7.71. The van der Waals surface area contributed by atoms with E-state index in [0.717, 1.165) is 16.1 Å². The van der Waals surface area contributed by atoms with Crippen molar-refractivity contribution in [2.45, 2.75) is 22.8 Å². The van der Waals surface area contributed by atoms with Crippen LogP contribution in [-0.2, 0) is 19.6 Å². The Labute approximate surface area is 162 Å². The lowest BCUT2D eigenvalue weighted by atomic mass is 10.1. The first-order valence-electron chi connectivity index (χ1n) is 8.20. The van der Waals surface area contributed by atoms with Gasteiger partial charge in [-0.1, -0.05) is 24.3 Å². The Morgan fingerprint density at radius 1 is 1.22 bits per heavy atom. The van der Waals surface area contributed by atoms with Crippen LogP contribution in [0.5, 0.6) is 0 Å². The van der Waals surface area contributed by atoms with Crippen molar-refractivity contribution >= 4 is 39.3 Å². The third kappa shape index (κ3) is 4.49. The number of nitrogens with two attached hydrogens (primary N) is 1. The molecule has 2 aromatic carbocycles. The number of nitrogens with one attached hydrogen (secondary N) is 1. The molecule has 0 aliphatic carbocycles. The number of para-hydroxylation sites is 1. The largest absolute Gasteiger partial charge is 0.348 e. The highest BCUT2D eigenvalue weighted by atomic mass is 32.2. The lowest BCUT2D eigenvalue weighted by Crippen LogP contribution is -2.43.